The van der Waals surface area contributed by atoms with Crippen LogP contribution in [0, 0.1) is 0 Å². The first-order chi connectivity index (χ1) is 19.5. The molecule has 3 aromatic carbocycles. The highest BCUT2D eigenvalue weighted by Crippen LogP contribution is 2.51. The summed E-state index contributed by atoms with van der Waals surface area (Å²) >= 11 is 1.81. The molecule has 2 nitrogen and oxygen atoms in total. The minimum Gasteiger partial charge on any atom is -0.399 e. The fourth-order valence-electron chi connectivity index (χ4n) is 5.27. The highest BCUT2D eigenvalue weighted by molar-refractivity contribution is 8.10. The van der Waals surface area contributed by atoms with E-state index in [9.17, 15) is 0 Å². The van der Waals surface area contributed by atoms with Crippen molar-refractivity contribution in [1.82, 2.24) is 0 Å². The Labute approximate surface area is 242 Å². The van der Waals surface area contributed by atoms with E-state index in [2.05, 4.69) is 110 Å². The second kappa shape index (κ2) is 12.1. The Morgan fingerprint density at radius 2 is 1.65 bits per heavy atom. The van der Waals surface area contributed by atoms with Crippen LogP contribution in [0.1, 0.15) is 29.5 Å². The lowest BCUT2D eigenvalue weighted by Gasteiger charge is -2.34. The summed E-state index contributed by atoms with van der Waals surface area (Å²) in [6, 6.07) is 23.3. The van der Waals surface area contributed by atoms with E-state index >= 15 is 0 Å². The number of hydrogen-bond acceptors (Lipinski definition) is 3. The molecule has 5 rings (SSSR count). The van der Waals surface area contributed by atoms with Gasteiger partial charge in [-0.2, -0.15) is 0 Å². The van der Waals surface area contributed by atoms with E-state index in [1.807, 2.05) is 48.2 Å². The summed E-state index contributed by atoms with van der Waals surface area (Å²) in [5.74, 6) is 0. The largest absolute Gasteiger partial charge is 0.399 e. The molecule has 1 unspecified atom stereocenters. The summed E-state index contributed by atoms with van der Waals surface area (Å²) < 4.78 is 0. The lowest BCUT2D eigenvalue weighted by molar-refractivity contribution is 0.733. The average molecular weight is 539 g/mol. The SMILES string of the molecule is C=C/C=C\C(C=Cc1cccc(-c2ccccc2C(=C)N)c1N(C(=C)C=C)C1C=CCC1)=C1/Sc2ccccc21. The van der Waals surface area contributed by atoms with E-state index in [-0.39, 0.29) is 6.04 Å². The molecule has 40 heavy (non-hydrogen) atoms. The number of para-hydroxylation sites is 1. The minimum absolute atomic E-state index is 0.180. The molecule has 2 N–H and O–H groups in total. The molecule has 3 aromatic rings. The van der Waals surface area contributed by atoms with Gasteiger partial charge in [0, 0.05) is 37.9 Å². The van der Waals surface area contributed by atoms with Crippen LogP contribution in [0.5, 0.6) is 0 Å². The molecule has 1 heterocycles. The molecular weight excluding hydrogens is 504 g/mol. The van der Waals surface area contributed by atoms with Gasteiger partial charge in [0.1, 0.15) is 0 Å². The van der Waals surface area contributed by atoms with Crippen molar-refractivity contribution in [3.05, 3.63) is 164 Å². The van der Waals surface area contributed by atoms with E-state index in [4.69, 9.17) is 5.73 Å². The van der Waals surface area contributed by atoms with Crippen LogP contribution in [0.3, 0.4) is 0 Å². The van der Waals surface area contributed by atoms with Crippen LogP contribution in [-0.2, 0) is 0 Å². The number of thioether (sulfide) groups is 1. The Balaban J connectivity index is 1.72. The van der Waals surface area contributed by atoms with Crippen LogP contribution < -0.4 is 10.6 Å². The minimum atomic E-state index is 0.180. The van der Waals surface area contributed by atoms with Gasteiger partial charge in [0.25, 0.3) is 0 Å². The molecule has 0 spiro atoms. The zero-order valence-electron chi connectivity index (χ0n) is 22.7. The van der Waals surface area contributed by atoms with Crippen molar-refractivity contribution in [2.75, 3.05) is 4.90 Å². The fourth-order valence-corrected chi connectivity index (χ4v) is 6.30. The van der Waals surface area contributed by atoms with Crippen LogP contribution in [0.2, 0.25) is 0 Å². The van der Waals surface area contributed by atoms with Crippen LogP contribution >= 0.6 is 11.8 Å². The zero-order chi connectivity index (χ0) is 28.1. The Morgan fingerprint density at radius 3 is 2.35 bits per heavy atom. The second-order valence-electron chi connectivity index (χ2n) is 9.76. The third-order valence-corrected chi connectivity index (χ3v) is 8.43. The first kappa shape index (κ1) is 27.1. The molecular formula is C37H34N2S. The first-order valence-corrected chi connectivity index (χ1v) is 14.3. The number of allylic oxidation sites excluding steroid dienone is 7. The molecule has 0 aromatic heterocycles. The number of rotatable bonds is 10. The zero-order valence-corrected chi connectivity index (χ0v) is 23.5. The van der Waals surface area contributed by atoms with Gasteiger partial charge in [-0.25, -0.2) is 0 Å². The number of hydrogen-bond donors (Lipinski definition) is 1. The lowest BCUT2D eigenvalue weighted by atomic mass is 9.92. The standard InChI is InChI=1S/C37H34N2S/c1-5-7-15-29(37-34-21-12-13-23-35(34)40-37)25-24-28-16-14-22-33(32-20-11-10-19-31(32)27(4)38)36(28)39(26(3)6-2)30-17-8-9-18-30/h5-8,10-17,19-25,30H,1-4,9,18,38H2/b15-7-,25-24?,37-29+. The summed E-state index contributed by atoms with van der Waals surface area (Å²) in [4.78, 5) is 4.89. The lowest BCUT2D eigenvalue weighted by Crippen LogP contribution is -2.32. The summed E-state index contributed by atoms with van der Waals surface area (Å²) in [5.41, 5.74) is 15.3. The topological polar surface area (TPSA) is 29.3 Å². The molecule has 0 saturated carbocycles. The van der Waals surface area contributed by atoms with E-state index in [1.54, 1.807) is 0 Å². The smallest absolute Gasteiger partial charge is 0.0569 e. The maximum absolute atomic E-state index is 6.27. The van der Waals surface area contributed by atoms with Crippen molar-refractivity contribution in [3.8, 4) is 11.1 Å². The Morgan fingerprint density at radius 1 is 0.900 bits per heavy atom. The van der Waals surface area contributed by atoms with Gasteiger partial charge >= 0.3 is 0 Å². The van der Waals surface area contributed by atoms with Crippen LogP contribution in [0.4, 0.5) is 5.69 Å². The average Bonchev–Trinajstić information content (AvgIpc) is 3.49. The molecule has 1 aliphatic heterocycles. The molecule has 0 fully saturated rings. The predicted molar refractivity (Wildman–Crippen MR) is 177 cm³/mol. The number of anilines is 1. The second-order valence-corrected chi connectivity index (χ2v) is 10.8. The number of fused-ring (bicyclic) bond motifs is 1. The third-order valence-electron chi connectivity index (χ3n) is 7.20. The Hall–Kier alpha value is -4.47. The third kappa shape index (κ3) is 5.34. The van der Waals surface area contributed by atoms with Crippen LogP contribution in [0.25, 0.3) is 27.8 Å². The number of nitrogens with zero attached hydrogens (tertiary/aromatic N) is 1. The number of nitrogens with two attached hydrogens (primary N) is 1. The maximum atomic E-state index is 6.27. The normalized spacial score (nSPS) is 16.9. The van der Waals surface area contributed by atoms with Gasteiger partial charge in [-0.15, -0.1) is 0 Å². The Bertz CT molecular complexity index is 1610. The predicted octanol–water partition coefficient (Wildman–Crippen LogP) is 9.78. The summed E-state index contributed by atoms with van der Waals surface area (Å²) in [6.07, 6.45) is 18.7. The molecule has 198 valence electrons. The van der Waals surface area contributed by atoms with Crippen LogP contribution in [0.15, 0.2) is 152 Å². The van der Waals surface area contributed by atoms with Crippen molar-refractivity contribution in [2.24, 2.45) is 5.73 Å². The molecule has 1 atom stereocenters. The van der Waals surface area contributed by atoms with Crippen molar-refractivity contribution < 1.29 is 0 Å². The van der Waals surface area contributed by atoms with Gasteiger partial charge in [-0.05, 0) is 41.7 Å². The van der Waals surface area contributed by atoms with Crippen molar-refractivity contribution >= 4 is 34.1 Å². The quantitative estimate of drug-likeness (QED) is 0.206. The highest BCUT2D eigenvalue weighted by atomic mass is 32.2. The van der Waals surface area contributed by atoms with E-state index in [0.29, 0.717) is 5.70 Å². The summed E-state index contributed by atoms with van der Waals surface area (Å²) in [6.45, 7) is 16.4. The molecule has 0 amide bonds. The summed E-state index contributed by atoms with van der Waals surface area (Å²) in [7, 11) is 0. The van der Waals surface area contributed by atoms with Gasteiger partial charge < -0.3 is 10.6 Å². The highest BCUT2D eigenvalue weighted by Gasteiger charge is 2.26. The van der Waals surface area contributed by atoms with Gasteiger partial charge in [-0.1, -0.05) is 141 Å². The van der Waals surface area contributed by atoms with Gasteiger partial charge in [0.05, 0.1) is 11.7 Å². The molecule has 3 heteroatoms. The fraction of sp³-hybridized carbons (Fsp3) is 0.0811. The summed E-state index contributed by atoms with van der Waals surface area (Å²) in [5, 5.41) is 0. The molecule has 1 aliphatic carbocycles. The maximum Gasteiger partial charge on any atom is 0.0569 e. The monoisotopic (exact) mass is 538 g/mol. The van der Waals surface area contributed by atoms with Gasteiger partial charge in [-0.3, -0.25) is 0 Å². The van der Waals surface area contributed by atoms with Crippen LogP contribution in [-0.4, -0.2) is 6.04 Å². The van der Waals surface area contributed by atoms with Gasteiger partial charge in [0.2, 0.25) is 0 Å². The molecule has 0 radical (unpaired) electrons. The van der Waals surface area contributed by atoms with Crippen molar-refractivity contribution in [1.29, 1.82) is 0 Å². The number of benzene rings is 3. The molecule has 0 bridgehead atoms. The van der Waals surface area contributed by atoms with Crippen molar-refractivity contribution in [3.63, 3.8) is 0 Å². The van der Waals surface area contributed by atoms with E-state index < -0.39 is 0 Å². The molecule has 2 aliphatic rings. The van der Waals surface area contributed by atoms with E-state index in [0.717, 1.165) is 52.1 Å². The van der Waals surface area contributed by atoms with E-state index in [1.165, 1.54) is 15.4 Å². The molecule has 0 saturated heterocycles. The Kier molecular flexibility index (Phi) is 8.23. The first-order valence-electron chi connectivity index (χ1n) is 13.5. The van der Waals surface area contributed by atoms with Gasteiger partial charge in [0.15, 0.2) is 0 Å². The van der Waals surface area contributed by atoms with Crippen molar-refractivity contribution in [2.45, 2.75) is 23.8 Å².